The van der Waals surface area contributed by atoms with E-state index in [1.807, 2.05) is 25.3 Å². The first kappa shape index (κ1) is 18.4. The van der Waals surface area contributed by atoms with Crippen molar-refractivity contribution < 1.29 is 4.74 Å². The zero-order chi connectivity index (χ0) is 18.5. The normalized spacial score (nSPS) is 13.0. The minimum atomic E-state index is 0.990. The van der Waals surface area contributed by atoms with Gasteiger partial charge in [0.05, 0.1) is 22.0 Å². The maximum absolute atomic E-state index is 4.89. The number of pyridine rings is 2. The highest BCUT2D eigenvalue weighted by molar-refractivity contribution is 7.18. The standard InChI is InChI=1S/C19H17N3S.C2H6O/c1-12-5-3-6-14-8-9-16(22-17(12)14)18-13(2)21-19(23-18)15-7-4-10-20-11-15;1-3-2/h4,7-11H,1,3,5-6H2,2H3;1-2H3. The molecule has 0 bridgehead atoms. The highest BCUT2D eigenvalue weighted by atomic mass is 32.1. The van der Waals surface area contributed by atoms with Gasteiger partial charge in [0, 0.05) is 32.2 Å². The molecule has 0 N–H and O–H groups in total. The van der Waals surface area contributed by atoms with E-state index < -0.39 is 0 Å². The number of ether oxygens (including phenoxy) is 1. The molecule has 0 atom stereocenters. The Morgan fingerprint density at radius 3 is 2.65 bits per heavy atom. The number of hydrogen-bond donors (Lipinski definition) is 0. The van der Waals surface area contributed by atoms with Crippen LogP contribution in [-0.4, -0.2) is 29.2 Å². The van der Waals surface area contributed by atoms with E-state index in [-0.39, 0.29) is 0 Å². The fraction of sp³-hybridized carbons (Fsp3) is 0.286. The zero-order valence-electron chi connectivity index (χ0n) is 15.5. The van der Waals surface area contributed by atoms with Gasteiger partial charge < -0.3 is 4.74 Å². The molecule has 3 aromatic heterocycles. The summed E-state index contributed by atoms with van der Waals surface area (Å²) in [4.78, 5) is 14.9. The molecule has 0 unspecified atom stereocenters. The van der Waals surface area contributed by atoms with Crippen LogP contribution in [0.1, 0.15) is 29.8 Å². The molecule has 1 aliphatic rings. The van der Waals surface area contributed by atoms with Gasteiger partial charge in [-0.15, -0.1) is 11.3 Å². The van der Waals surface area contributed by atoms with Gasteiger partial charge in [-0.25, -0.2) is 9.97 Å². The van der Waals surface area contributed by atoms with Crippen molar-refractivity contribution in [1.82, 2.24) is 15.0 Å². The van der Waals surface area contributed by atoms with E-state index >= 15 is 0 Å². The summed E-state index contributed by atoms with van der Waals surface area (Å²) in [5.41, 5.74) is 6.63. The summed E-state index contributed by atoms with van der Waals surface area (Å²) in [5.74, 6) is 0. The molecule has 0 fully saturated rings. The second-order valence-corrected chi connectivity index (χ2v) is 7.24. The van der Waals surface area contributed by atoms with Crippen molar-refractivity contribution in [2.75, 3.05) is 14.2 Å². The van der Waals surface area contributed by atoms with Crippen LogP contribution < -0.4 is 0 Å². The summed E-state index contributed by atoms with van der Waals surface area (Å²) in [6, 6.07) is 8.29. The first-order valence-electron chi connectivity index (χ1n) is 8.60. The lowest BCUT2D eigenvalue weighted by atomic mass is 9.92. The molecule has 0 radical (unpaired) electrons. The van der Waals surface area contributed by atoms with Gasteiger partial charge in [-0.1, -0.05) is 12.6 Å². The van der Waals surface area contributed by atoms with Crippen LogP contribution in [0.2, 0.25) is 0 Å². The van der Waals surface area contributed by atoms with Crippen LogP contribution >= 0.6 is 11.3 Å². The van der Waals surface area contributed by atoms with Crippen LogP contribution in [0.25, 0.3) is 26.7 Å². The van der Waals surface area contributed by atoms with Crippen LogP contribution in [0.4, 0.5) is 0 Å². The number of nitrogens with zero attached hydrogens (tertiary/aromatic N) is 3. The van der Waals surface area contributed by atoms with Crippen LogP contribution in [0, 0.1) is 6.92 Å². The van der Waals surface area contributed by atoms with Crippen LogP contribution in [0.15, 0.2) is 43.2 Å². The molecule has 4 nitrogen and oxygen atoms in total. The molecule has 0 saturated heterocycles. The van der Waals surface area contributed by atoms with Crippen LogP contribution in [0.3, 0.4) is 0 Å². The van der Waals surface area contributed by atoms with Gasteiger partial charge in [0.1, 0.15) is 5.01 Å². The number of fused-ring (bicyclic) bond motifs is 1. The van der Waals surface area contributed by atoms with Crippen molar-refractivity contribution in [2.45, 2.75) is 26.2 Å². The summed E-state index contributed by atoms with van der Waals surface area (Å²) in [6.45, 7) is 6.23. The van der Waals surface area contributed by atoms with Crippen LogP contribution in [0.5, 0.6) is 0 Å². The number of aryl methyl sites for hydroxylation is 2. The highest BCUT2D eigenvalue weighted by Crippen LogP contribution is 2.36. The van der Waals surface area contributed by atoms with E-state index in [1.54, 1.807) is 31.8 Å². The van der Waals surface area contributed by atoms with Gasteiger partial charge in [-0.2, -0.15) is 0 Å². The maximum Gasteiger partial charge on any atom is 0.125 e. The molecule has 26 heavy (non-hydrogen) atoms. The maximum atomic E-state index is 4.89. The molecular weight excluding hydrogens is 342 g/mol. The van der Waals surface area contributed by atoms with Gasteiger partial charge >= 0.3 is 0 Å². The van der Waals surface area contributed by atoms with E-state index in [4.69, 9.17) is 9.97 Å². The van der Waals surface area contributed by atoms with E-state index in [9.17, 15) is 0 Å². The summed E-state index contributed by atoms with van der Waals surface area (Å²) in [6.07, 6.45) is 6.96. The first-order chi connectivity index (χ1) is 12.6. The predicted octanol–water partition coefficient (Wildman–Crippen LogP) is 5.19. The molecule has 3 aromatic rings. The molecule has 0 saturated carbocycles. The average molecular weight is 366 g/mol. The van der Waals surface area contributed by atoms with Gasteiger partial charge in [0.25, 0.3) is 0 Å². The third-order valence-corrected chi connectivity index (χ3v) is 5.41. The van der Waals surface area contributed by atoms with Gasteiger partial charge in [0.15, 0.2) is 0 Å². The Morgan fingerprint density at radius 2 is 1.92 bits per heavy atom. The minimum Gasteiger partial charge on any atom is -0.388 e. The Morgan fingerprint density at radius 1 is 1.12 bits per heavy atom. The van der Waals surface area contributed by atoms with Crippen molar-refractivity contribution >= 4 is 16.9 Å². The number of aromatic nitrogens is 3. The largest absolute Gasteiger partial charge is 0.388 e. The Kier molecular flexibility index (Phi) is 5.91. The summed E-state index contributed by atoms with van der Waals surface area (Å²) in [7, 11) is 3.25. The Bertz CT molecular complexity index is 903. The number of rotatable bonds is 2. The number of hydrogen-bond acceptors (Lipinski definition) is 5. The molecule has 4 rings (SSSR count). The summed E-state index contributed by atoms with van der Waals surface area (Å²) in [5, 5.41) is 0.990. The number of methoxy groups -OCH3 is 1. The van der Waals surface area contributed by atoms with Crippen LogP contribution in [-0.2, 0) is 11.2 Å². The lowest BCUT2D eigenvalue weighted by Gasteiger charge is -2.17. The Labute approximate surface area is 158 Å². The van der Waals surface area contributed by atoms with Gasteiger partial charge in [0.2, 0.25) is 0 Å². The van der Waals surface area contributed by atoms with Crippen molar-refractivity contribution in [3.8, 4) is 21.1 Å². The second-order valence-electron chi connectivity index (χ2n) is 6.24. The average Bonchev–Trinajstić information content (AvgIpc) is 3.05. The third kappa shape index (κ3) is 3.89. The monoisotopic (exact) mass is 365 g/mol. The molecule has 134 valence electrons. The van der Waals surface area contributed by atoms with E-state index in [0.29, 0.717) is 0 Å². The number of thiazole rings is 1. The Balaban J connectivity index is 0.000000613. The number of allylic oxidation sites excluding steroid dienone is 1. The summed E-state index contributed by atoms with van der Waals surface area (Å²) < 4.78 is 4.25. The fourth-order valence-corrected chi connectivity index (χ4v) is 4.01. The van der Waals surface area contributed by atoms with Crippen molar-refractivity contribution in [3.63, 3.8) is 0 Å². The molecule has 0 amide bonds. The van der Waals surface area contributed by atoms with Gasteiger partial charge in [-0.3, -0.25) is 4.98 Å². The van der Waals surface area contributed by atoms with Crippen molar-refractivity contribution in [3.05, 3.63) is 60.2 Å². The molecular formula is C21H23N3OS. The molecule has 3 heterocycles. The second kappa shape index (κ2) is 8.34. The summed E-state index contributed by atoms with van der Waals surface area (Å²) >= 11 is 1.67. The zero-order valence-corrected chi connectivity index (χ0v) is 16.3. The lowest BCUT2D eigenvalue weighted by molar-refractivity contribution is 0.277. The van der Waals surface area contributed by atoms with Crippen molar-refractivity contribution in [1.29, 1.82) is 0 Å². The molecule has 1 aliphatic carbocycles. The topological polar surface area (TPSA) is 47.9 Å². The predicted molar refractivity (Wildman–Crippen MR) is 108 cm³/mol. The van der Waals surface area contributed by atoms with Crippen molar-refractivity contribution in [2.24, 2.45) is 0 Å². The van der Waals surface area contributed by atoms with E-state index in [0.717, 1.165) is 50.9 Å². The third-order valence-electron chi connectivity index (χ3n) is 4.18. The Hall–Kier alpha value is -2.37. The molecule has 0 aromatic carbocycles. The van der Waals surface area contributed by atoms with Gasteiger partial charge in [-0.05, 0) is 55.5 Å². The molecule has 5 heteroatoms. The smallest absolute Gasteiger partial charge is 0.125 e. The SMILES string of the molecule is C=C1CCCc2ccc(-c3sc(-c4cccnc4)nc3C)nc21.COC. The van der Waals surface area contributed by atoms with E-state index in [2.05, 4.69) is 28.4 Å². The lowest BCUT2D eigenvalue weighted by Crippen LogP contribution is -2.04. The highest BCUT2D eigenvalue weighted by Gasteiger charge is 2.17. The fourth-order valence-electron chi connectivity index (χ4n) is 2.98. The van der Waals surface area contributed by atoms with E-state index in [1.165, 1.54) is 12.0 Å². The quantitative estimate of drug-likeness (QED) is 0.627. The first-order valence-corrected chi connectivity index (χ1v) is 9.42. The minimum absolute atomic E-state index is 0.990. The molecule has 0 aliphatic heterocycles. The molecule has 0 spiro atoms.